The number of rotatable bonds is 6. The lowest BCUT2D eigenvalue weighted by Gasteiger charge is -2.46. The summed E-state index contributed by atoms with van der Waals surface area (Å²) in [6, 6.07) is 7.58. The van der Waals surface area contributed by atoms with Crippen LogP contribution in [0.15, 0.2) is 53.7 Å². The Hall–Kier alpha value is -2.95. The van der Waals surface area contributed by atoms with Crippen molar-refractivity contribution in [3.05, 3.63) is 81.1 Å². The number of carbonyl (C=O) groups excluding carboxylic acids is 2. The molecule has 2 amide bonds. The average molecular weight is 712 g/mol. The van der Waals surface area contributed by atoms with Crippen molar-refractivity contribution in [2.24, 2.45) is 0 Å². The zero-order valence-electron chi connectivity index (χ0n) is 27.0. The number of likely N-dealkylation sites (tertiary alicyclic amines) is 1. The van der Waals surface area contributed by atoms with E-state index in [-0.39, 0.29) is 18.0 Å². The Morgan fingerprint density at radius 3 is 2.67 bits per heavy atom. The van der Waals surface area contributed by atoms with Gasteiger partial charge in [-0.05, 0) is 117 Å². The lowest BCUT2D eigenvalue weighted by atomic mass is 9.94. The number of carbonyl (C=O) groups is 2. The molecule has 2 aromatic heterocycles. The number of imidazole rings is 1. The van der Waals surface area contributed by atoms with Crippen LogP contribution in [-0.4, -0.2) is 85.1 Å². The Bertz CT molecular complexity index is 1490. The van der Waals surface area contributed by atoms with E-state index in [2.05, 4.69) is 53.5 Å². The molecule has 3 atom stereocenters. The maximum atomic E-state index is 14.7. The zero-order valence-corrected chi connectivity index (χ0v) is 29.3. The summed E-state index contributed by atoms with van der Waals surface area (Å²) in [5.41, 5.74) is 3.86. The van der Waals surface area contributed by atoms with E-state index < -0.39 is 17.7 Å². The minimum Gasteiger partial charge on any atom is -0.444 e. The number of aryl methyl sites for hydroxylation is 3. The van der Waals surface area contributed by atoms with Crippen LogP contribution in [0.4, 0.5) is 4.79 Å². The fourth-order valence-corrected chi connectivity index (χ4v) is 7.86. The van der Waals surface area contributed by atoms with Gasteiger partial charge in [0, 0.05) is 66.9 Å². The second kappa shape index (κ2) is 14.0. The lowest BCUT2D eigenvalue weighted by molar-refractivity contribution is -0.143. The summed E-state index contributed by atoms with van der Waals surface area (Å²) in [6.45, 7) is 8.54. The molecule has 4 heterocycles. The molecule has 3 aliphatic rings. The second-order valence-corrected chi connectivity index (χ2v) is 15.1. The summed E-state index contributed by atoms with van der Waals surface area (Å²) < 4.78 is 8.90. The van der Waals surface area contributed by atoms with Crippen molar-refractivity contribution >= 4 is 39.5 Å². The Balaban J connectivity index is 1.31. The van der Waals surface area contributed by atoms with Crippen LogP contribution in [0.2, 0.25) is 5.02 Å². The molecule has 2 aliphatic heterocycles. The van der Waals surface area contributed by atoms with E-state index in [0.717, 1.165) is 67.2 Å². The molecule has 2 saturated heterocycles. The normalized spacial score (nSPS) is 22.2. The van der Waals surface area contributed by atoms with Crippen LogP contribution < -0.4 is 0 Å². The van der Waals surface area contributed by atoms with E-state index >= 15 is 0 Å². The number of halogens is 2. The maximum absolute atomic E-state index is 14.7. The van der Waals surface area contributed by atoms with Crippen LogP contribution in [0.3, 0.4) is 0 Å². The van der Waals surface area contributed by atoms with Crippen molar-refractivity contribution in [1.82, 2.24) is 29.2 Å². The van der Waals surface area contributed by atoms with Crippen LogP contribution in [0.1, 0.15) is 81.3 Å². The lowest BCUT2D eigenvalue weighted by Crippen LogP contribution is -2.63. The highest BCUT2D eigenvalue weighted by Crippen LogP contribution is 2.39. The first kappa shape index (κ1) is 33.0. The summed E-state index contributed by atoms with van der Waals surface area (Å²) in [4.78, 5) is 43.6. The molecule has 6 rings (SSSR count). The van der Waals surface area contributed by atoms with E-state index in [9.17, 15) is 9.59 Å². The first-order valence-corrected chi connectivity index (χ1v) is 17.7. The predicted molar refractivity (Wildman–Crippen MR) is 182 cm³/mol. The number of fused-ring (bicyclic) bond motifs is 2. The van der Waals surface area contributed by atoms with Crippen molar-refractivity contribution in [2.75, 3.05) is 26.2 Å². The SMILES string of the molecule is CC(C)(C)OC(=O)N1CCN(C2c3ccc(Cl)cc3CCc3cc(Br)cnc32)C[C@@H]1C(=O)N1CCCCC1CCCn1ccnc1. The zero-order chi connectivity index (χ0) is 32.4. The molecule has 0 radical (unpaired) electrons. The van der Waals surface area contributed by atoms with Gasteiger partial charge in [-0.2, -0.15) is 0 Å². The van der Waals surface area contributed by atoms with Gasteiger partial charge < -0.3 is 14.2 Å². The molecule has 0 saturated carbocycles. The number of piperazine rings is 1. The number of nitrogens with zero attached hydrogens (tertiary/aromatic N) is 6. The molecule has 11 heteroatoms. The highest BCUT2D eigenvalue weighted by Gasteiger charge is 2.44. The van der Waals surface area contributed by atoms with Gasteiger partial charge in [-0.1, -0.05) is 17.7 Å². The largest absolute Gasteiger partial charge is 0.444 e. The molecule has 0 spiro atoms. The Morgan fingerprint density at radius 1 is 1.07 bits per heavy atom. The van der Waals surface area contributed by atoms with Crippen molar-refractivity contribution in [2.45, 2.75) is 96.0 Å². The first-order valence-electron chi connectivity index (χ1n) is 16.5. The highest BCUT2D eigenvalue weighted by molar-refractivity contribution is 9.10. The van der Waals surface area contributed by atoms with Gasteiger partial charge in [-0.25, -0.2) is 9.78 Å². The summed E-state index contributed by atoms with van der Waals surface area (Å²) in [5.74, 6) is 0.0110. The topological polar surface area (TPSA) is 83.8 Å². The van der Waals surface area contributed by atoms with Gasteiger partial charge in [0.25, 0.3) is 0 Å². The molecule has 246 valence electrons. The van der Waals surface area contributed by atoms with Gasteiger partial charge in [0.15, 0.2) is 0 Å². The molecule has 2 fully saturated rings. The van der Waals surface area contributed by atoms with E-state index in [4.69, 9.17) is 21.3 Å². The highest BCUT2D eigenvalue weighted by atomic mass is 79.9. The minimum atomic E-state index is -0.671. The van der Waals surface area contributed by atoms with E-state index in [1.165, 1.54) is 11.1 Å². The van der Waals surface area contributed by atoms with Crippen LogP contribution in [-0.2, 0) is 28.9 Å². The number of benzene rings is 1. The fourth-order valence-electron chi connectivity index (χ4n) is 7.28. The monoisotopic (exact) mass is 710 g/mol. The van der Waals surface area contributed by atoms with E-state index in [0.29, 0.717) is 31.2 Å². The predicted octanol–water partition coefficient (Wildman–Crippen LogP) is 6.66. The minimum absolute atomic E-state index is 0.0110. The van der Waals surface area contributed by atoms with Crippen molar-refractivity contribution in [1.29, 1.82) is 0 Å². The van der Waals surface area contributed by atoms with Crippen LogP contribution in [0.5, 0.6) is 0 Å². The van der Waals surface area contributed by atoms with Gasteiger partial charge in [-0.15, -0.1) is 0 Å². The molecule has 0 N–H and O–H groups in total. The number of pyridine rings is 1. The van der Waals surface area contributed by atoms with Gasteiger partial charge in [0.1, 0.15) is 11.6 Å². The Labute approximate surface area is 285 Å². The molecular formula is C35H44BrClN6O3. The van der Waals surface area contributed by atoms with Gasteiger partial charge >= 0.3 is 6.09 Å². The number of piperidine rings is 1. The number of aromatic nitrogens is 3. The van der Waals surface area contributed by atoms with Crippen LogP contribution in [0.25, 0.3) is 0 Å². The Morgan fingerprint density at radius 2 is 1.89 bits per heavy atom. The van der Waals surface area contributed by atoms with Crippen molar-refractivity contribution < 1.29 is 14.3 Å². The number of hydrogen-bond acceptors (Lipinski definition) is 6. The standard InChI is InChI=1S/C35H44BrClN6O3/c1-35(2,3)46-34(45)43-18-17-41(32-29-12-11-27(37)20-24(29)9-10-25-19-26(36)21-39-31(25)32)22-30(43)33(44)42-15-5-4-7-28(42)8-6-14-40-16-13-38-23-40/h11-13,16,19-21,23,28,30,32H,4-10,14-15,17-18,22H2,1-3H3/t28?,30-,32?/m1/s1. The van der Waals surface area contributed by atoms with Gasteiger partial charge in [0.05, 0.1) is 18.1 Å². The molecule has 1 aromatic carbocycles. The van der Waals surface area contributed by atoms with Crippen molar-refractivity contribution in [3.8, 4) is 0 Å². The van der Waals surface area contributed by atoms with E-state index in [1.54, 1.807) is 11.1 Å². The summed E-state index contributed by atoms with van der Waals surface area (Å²) in [5, 5.41) is 0.713. The maximum Gasteiger partial charge on any atom is 0.411 e. The molecule has 9 nitrogen and oxygen atoms in total. The third-order valence-electron chi connectivity index (χ3n) is 9.40. The summed E-state index contributed by atoms with van der Waals surface area (Å²) in [6.07, 6.45) is 13.6. The molecule has 3 aromatic rings. The molecule has 46 heavy (non-hydrogen) atoms. The number of ether oxygens (including phenoxy) is 1. The Kier molecular flexibility index (Phi) is 10.1. The number of amides is 2. The van der Waals surface area contributed by atoms with Crippen LogP contribution >= 0.6 is 27.5 Å². The number of hydrogen-bond donors (Lipinski definition) is 0. The first-order chi connectivity index (χ1) is 22.1. The summed E-state index contributed by atoms with van der Waals surface area (Å²) in [7, 11) is 0. The third-order valence-corrected chi connectivity index (χ3v) is 10.1. The smallest absolute Gasteiger partial charge is 0.411 e. The molecule has 0 bridgehead atoms. The van der Waals surface area contributed by atoms with Crippen molar-refractivity contribution in [3.63, 3.8) is 0 Å². The quantitative estimate of drug-likeness (QED) is 0.284. The van der Waals surface area contributed by atoms with Crippen LogP contribution in [0, 0.1) is 0 Å². The molecule has 2 unspecified atom stereocenters. The molecule has 1 aliphatic carbocycles. The summed E-state index contributed by atoms with van der Waals surface area (Å²) >= 11 is 10.1. The van der Waals surface area contributed by atoms with Gasteiger partial charge in [-0.3, -0.25) is 19.6 Å². The van der Waals surface area contributed by atoms with Gasteiger partial charge in [0.2, 0.25) is 5.91 Å². The average Bonchev–Trinajstić information content (AvgIpc) is 3.49. The second-order valence-electron chi connectivity index (χ2n) is 13.8. The fraction of sp³-hybridized carbons (Fsp3) is 0.543. The van der Waals surface area contributed by atoms with E-state index in [1.807, 2.05) is 45.6 Å². The molecular weight excluding hydrogens is 668 g/mol. The third kappa shape index (κ3) is 7.44.